The van der Waals surface area contributed by atoms with Gasteiger partial charge in [-0.05, 0) is 25.2 Å². The minimum Gasteiger partial charge on any atom is -0.335 e. The van der Waals surface area contributed by atoms with Crippen molar-refractivity contribution in [2.45, 2.75) is 31.3 Å². The fraction of sp³-hybridized carbons (Fsp3) is 0.900. The zero-order valence-electron chi connectivity index (χ0n) is 8.33. The van der Waals surface area contributed by atoms with Crippen LogP contribution in [0.25, 0.3) is 0 Å². The first kappa shape index (κ1) is 8.53. The summed E-state index contributed by atoms with van der Waals surface area (Å²) in [7, 11) is 0. The Morgan fingerprint density at radius 3 is 2.93 bits per heavy atom. The van der Waals surface area contributed by atoms with E-state index in [1.165, 1.54) is 19.3 Å². The van der Waals surface area contributed by atoms with E-state index in [2.05, 4.69) is 10.6 Å². The molecule has 2 atom stereocenters. The second kappa shape index (κ2) is 3.12. The van der Waals surface area contributed by atoms with E-state index in [4.69, 9.17) is 0 Å². The normalized spacial score (nSPS) is 35.9. The zero-order chi connectivity index (χ0) is 9.54. The summed E-state index contributed by atoms with van der Waals surface area (Å²) in [5.41, 5.74) is 0. The molecule has 1 saturated carbocycles. The second-order valence-corrected chi connectivity index (χ2v) is 4.69. The van der Waals surface area contributed by atoms with Crippen molar-refractivity contribution in [3.05, 3.63) is 0 Å². The lowest BCUT2D eigenvalue weighted by atomic mass is 10.1. The lowest BCUT2D eigenvalue weighted by molar-refractivity contribution is 0.192. The fourth-order valence-corrected chi connectivity index (χ4v) is 2.59. The van der Waals surface area contributed by atoms with Crippen molar-refractivity contribution in [2.75, 3.05) is 19.6 Å². The van der Waals surface area contributed by atoms with Crippen LogP contribution in [0.1, 0.15) is 19.3 Å². The van der Waals surface area contributed by atoms with Crippen LogP contribution in [0.2, 0.25) is 0 Å². The Labute approximate surface area is 84.0 Å². The summed E-state index contributed by atoms with van der Waals surface area (Å²) in [6.45, 7) is 3.04. The van der Waals surface area contributed by atoms with Crippen molar-refractivity contribution < 1.29 is 4.79 Å². The van der Waals surface area contributed by atoms with Gasteiger partial charge in [0.1, 0.15) is 0 Å². The third-order valence-corrected chi connectivity index (χ3v) is 3.61. The largest absolute Gasteiger partial charge is 0.335 e. The summed E-state index contributed by atoms with van der Waals surface area (Å²) in [4.78, 5) is 13.9. The molecule has 3 rings (SSSR count). The standard InChI is InChI=1S/C10H17N3O/c14-10(12-8-1-2-8)13-4-3-7-5-11-6-9(7)13/h7-9,11H,1-6H2,(H,12,14)/t7-,9+/m1/s1. The molecule has 0 aromatic heterocycles. The van der Waals surface area contributed by atoms with Crippen LogP contribution in [0.15, 0.2) is 0 Å². The van der Waals surface area contributed by atoms with Gasteiger partial charge < -0.3 is 15.5 Å². The molecule has 2 N–H and O–H groups in total. The third kappa shape index (κ3) is 1.38. The Kier molecular flexibility index (Phi) is 1.90. The fourth-order valence-electron chi connectivity index (χ4n) is 2.59. The molecule has 2 heterocycles. The summed E-state index contributed by atoms with van der Waals surface area (Å²) < 4.78 is 0. The number of hydrogen-bond acceptors (Lipinski definition) is 2. The number of likely N-dealkylation sites (tertiary alicyclic amines) is 1. The van der Waals surface area contributed by atoms with E-state index in [-0.39, 0.29) is 6.03 Å². The molecule has 1 aliphatic carbocycles. The summed E-state index contributed by atoms with van der Waals surface area (Å²) in [6.07, 6.45) is 3.52. The van der Waals surface area contributed by atoms with Crippen molar-refractivity contribution >= 4 is 6.03 Å². The molecule has 0 unspecified atom stereocenters. The SMILES string of the molecule is O=C(NC1CC1)N1CC[C@@H]2CNC[C@@H]21. The molecule has 3 fully saturated rings. The number of urea groups is 1. The molecule has 0 radical (unpaired) electrons. The van der Waals surface area contributed by atoms with Crippen molar-refractivity contribution in [3.63, 3.8) is 0 Å². The number of nitrogens with zero attached hydrogens (tertiary/aromatic N) is 1. The van der Waals surface area contributed by atoms with Crippen LogP contribution in [-0.2, 0) is 0 Å². The molecule has 4 heteroatoms. The minimum atomic E-state index is 0.170. The summed E-state index contributed by atoms with van der Waals surface area (Å²) in [6, 6.07) is 1.12. The summed E-state index contributed by atoms with van der Waals surface area (Å²) in [5, 5.41) is 6.42. The molecule has 0 spiro atoms. The number of hydrogen-bond donors (Lipinski definition) is 2. The van der Waals surface area contributed by atoms with E-state index in [0.29, 0.717) is 18.0 Å². The van der Waals surface area contributed by atoms with Gasteiger partial charge in [-0.25, -0.2) is 4.79 Å². The lowest BCUT2D eigenvalue weighted by Gasteiger charge is -2.23. The van der Waals surface area contributed by atoms with Gasteiger partial charge in [-0.15, -0.1) is 0 Å². The van der Waals surface area contributed by atoms with Gasteiger partial charge >= 0.3 is 6.03 Å². The smallest absolute Gasteiger partial charge is 0.317 e. The van der Waals surface area contributed by atoms with Crippen molar-refractivity contribution in [2.24, 2.45) is 5.92 Å². The van der Waals surface area contributed by atoms with Gasteiger partial charge in [0.2, 0.25) is 0 Å². The Morgan fingerprint density at radius 2 is 2.14 bits per heavy atom. The van der Waals surface area contributed by atoms with E-state index in [0.717, 1.165) is 19.6 Å². The van der Waals surface area contributed by atoms with Crippen LogP contribution in [0.5, 0.6) is 0 Å². The van der Waals surface area contributed by atoms with E-state index < -0.39 is 0 Å². The van der Waals surface area contributed by atoms with E-state index in [1.54, 1.807) is 0 Å². The predicted molar refractivity (Wildman–Crippen MR) is 53.0 cm³/mol. The van der Waals surface area contributed by atoms with Crippen molar-refractivity contribution in [3.8, 4) is 0 Å². The monoisotopic (exact) mass is 195 g/mol. The highest BCUT2D eigenvalue weighted by atomic mass is 16.2. The molecular weight excluding hydrogens is 178 g/mol. The maximum atomic E-state index is 11.8. The Bertz CT molecular complexity index is 252. The van der Waals surface area contributed by atoms with Crippen molar-refractivity contribution in [1.82, 2.24) is 15.5 Å². The highest BCUT2D eigenvalue weighted by molar-refractivity contribution is 5.75. The first-order chi connectivity index (χ1) is 6.84. The first-order valence-electron chi connectivity index (χ1n) is 5.62. The zero-order valence-corrected chi connectivity index (χ0v) is 8.33. The molecule has 14 heavy (non-hydrogen) atoms. The van der Waals surface area contributed by atoms with Crippen LogP contribution in [-0.4, -0.2) is 42.6 Å². The molecule has 78 valence electrons. The summed E-state index contributed by atoms with van der Waals surface area (Å²) >= 11 is 0. The Hall–Kier alpha value is -0.770. The quantitative estimate of drug-likeness (QED) is 0.625. The van der Waals surface area contributed by atoms with Gasteiger partial charge in [0, 0.05) is 31.7 Å². The minimum absolute atomic E-state index is 0.170. The molecule has 2 aliphatic heterocycles. The molecule has 2 amide bonds. The molecule has 0 aromatic rings. The van der Waals surface area contributed by atoms with E-state index >= 15 is 0 Å². The Morgan fingerprint density at radius 1 is 1.29 bits per heavy atom. The average molecular weight is 195 g/mol. The lowest BCUT2D eigenvalue weighted by Crippen LogP contribution is -2.45. The number of nitrogens with one attached hydrogen (secondary N) is 2. The Balaban J connectivity index is 1.63. The molecule has 0 bridgehead atoms. The number of fused-ring (bicyclic) bond motifs is 1. The van der Waals surface area contributed by atoms with Crippen LogP contribution < -0.4 is 10.6 Å². The number of carbonyl (C=O) groups excluding carboxylic acids is 1. The van der Waals surface area contributed by atoms with Gasteiger partial charge in [0.15, 0.2) is 0 Å². The topological polar surface area (TPSA) is 44.4 Å². The summed E-state index contributed by atoms with van der Waals surface area (Å²) in [5.74, 6) is 0.708. The van der Waals surface area contributed by atoms with Gasteiger partial charge in [-0.2, -0.15) is 0 Å². The van der Waals surface area contributed by atoms with Crippen LogP contribution in [0.3, 0.4) is 0 Å². The molecular formula is C10H17N3O. The van der Waals surface area contributed by atoms with Gasteiger partial charge in [0.05, 0.1) is 0 Å². The molecule has 3 aliphatic rings. The first-order valence-corrected chi connectivity index (χ1v) is 5.62. The number of carbonyl (C=O) groups is 1. The molecule has 4 nitrogen and oxygen atoms in total. The highest BCUT2D eigenvalue weighted by Gasteiger charge is 2.40. The predicted octanol–water partition coefficient (Wildman–Crippen LogP) is 0.152. The van der Waals surface area contributed by atoms with Gasteiger partial charge in [-0.3, -0.25) is 0 Å². The number of rotatable bonds is 1. The van der Waals surface area contributed by atoms with E-state index in [9.17, 15) is 4.79 Å². The third-order valence-electron chi connectivity index (χ3n) is 3.61. The van der Waals surface area contributed by atoms with Gasteiger partial charge in [-0.1, -0.05) is 0 Å². The highest BCUT2D eigenvalue weighted by Crippen LogP contribution is 2.28. The maximum absolute atomic E-state index is 11.8. The van der Waals surface area contributed by atoms with E-state index in [1.807, 2.05) is 4.90 Å². The van der Waals surface area contributed by atoms with Crippen molar-refractivity contribution in [1.29, 1.82) is 0 Å². The van der Waals surface area contributed by atoms with Crippen LogP contribution in [0, 0.1) is 5.92 Å². The second-order valence-electron chi connectivity index (χ2n) is 4.69. The van der Waals surface area contributed by atoms with Crippen LogP contribution >= 0.6 is 0 Å². The maximum Gasteiger partial charge on any atom is 0.317 e. The van der Waals surface area contributed by atoms with Crippen LogP contribution in [0.4, 0.5) is 4.79 Å². The van der Waals surface area contributed by atoms with Gasteiger partial charge in [0.25, 0.3) is 0 Å². The molecule has 0 aromatic carbocycles. The molecule has 2 saturated heterocycles. The average Bonchev–Trinajstić information content (AvgIpc) is 2.72. The number of amides is 2.